The Kier molecular flexibility index (Phi) is 5.01. The van der Waals surface area contributed by atoms with Gasteiger partial charge in [-0.05, 0) is 0 Å². The Labute approximate surface area is 101 Å². The number of alkyl halides is 1. The van der Waals surface area contributed by atoms with Gasteiger partial charge in [0.25, 0.3) is 0 Å². The fourth-order valence-corrected chi connectivity index (χ4v) is 2.53. The van der Waals surface area contributed by atoms with Crippen molar-refractivity contribution in [3.63, 3.8) is 0 Å². The van der Waals surface area contributed by atoms with Crippen molar-refractivity contribution in [2.24, 2.45) is 0 Å². The van der Waals surface area contributed by atoms with E-state index in [4.69, 9.17) is 11.6 Å². The van der Waals surface area contributed by atoms with Crippen molar-refractivity contribution < 1.29 is 13.2 Å². The molecule has 0 spiro atoms. The first kappa shape index (κ1) is 13.7. The molecule has 0 saturated carbocycles. The molecule has 1 saturated heterocycles. The maximum atomic E-state index is 11.6. The number of carbonyl (C=O) groups excluding carboxylic acids is 1. The van der Waals surface area contributed by atoms with Crippen LogP contribution in [0, 0.1) is 0 Å². The highest BCUT2D eigenvalue weighted by Gasteiger charge is 2.22. The zero-order chi connectivity index (χ0) is 12.2. The van der Waals surface area contributed by atoms with Gasteiger partial charge in [-0.3, -0.25) is 9.69 Å². The quantitative estimate of drug-likeness (QED) is 0.640. The van der Waals surface area contributed by atoms with Gasteiger partial charge in [-0.1, -0.05) is 0 Å². The largest absolute Gasteiger partial charge is 0.339 e. The molecule has 1 amide bonds. The van der Waals surface area contributed by atoms with Crippen LogP contribution in [0.25, 0.3) is 0 Å². The number of carbonyl (C=O) groups is 1. The van der Waals surface area contributed by atoms with Gasteiger partial charge >= 0.3 is 0 Å². The monoisotopic (exact) mass is 268 g/mol. The molecule has 0 aromatic carbocycles. The van der Waals surface area contributed by atoms with E-state index in [0.29, 0.717) is 19.0 Å². The first-order valence-corrected chi connectivity index (χ1v) is 7.75. The number of rotatable bonds is 4. The van der Waals surface area contributed by atoms with E-state index in [-0.39, 0.29) is 11.7 Å². The van der Waals surface area contributed by atoms with Crippen molar-refractivity contribution in [2.75, 3.05) is 50.6 Å². The molecule has 0 aliphatic carbocycles. The Bertz CT molecular complexity index is 337. The lowest BCUT2D eigenvalue weighted by molar-refractivity contribution is -0.130. The van der Waals surface area contributed by atoms with Crippen LogP contribution >= 0.6 is 11.6 Å². The van der Waals surface area contributed by atoms with E-state index in [1.807, 2.05) is 0 Å². The lowest BCUT2D eigenvalue weighted by Gasteiger charge is -2.34. The molecule has 0 aromatic rings. The Morgan fingerprint density at radius 2 is 1.81 bits per heavy atom. The van der Waals surface area contributed by atoms with Crippen molar-refractivity contribution in [2.45, 2.75) is 0 Å². The van der Waals surface area contributed by atoms with Gasteiger partial charge in [-0.2, -0.15) is 0 Å². The summed E-state index contributed by atoms with van der Waals surface area (Å²) in [5, 5.41) is 0. The summed E-state index contributed by atoms with van der Waals surface area (Å²) in [4.78, 5) is 15.3. The third kappa shape index (κ3) is 4.67. The summed E-state index contributed by atoms with van der Waals surface area (Å²) < 4.78 is 22.0. The molecule has 0 bridgehead atoms. The molecule has 0 radical (unpaired) electrons. The second-order valence-electron chi connectivity index (χ2n) is 3.98. The van der Waals surface area contributed by atoms with Gasteiger partial charge in [0.1, 0.15) is 5.75 Å². The molecule has 1 fully saturated rings. The molecule has 0 atom stereocenters. The molecule has 1 rings (SSSR count). The van der Waals surface area contributed by atoms with Crippen LogP contribution in [0.2, 0.25) is 0 Å². The molecule has 0 aromatic heterocycles. The topological polar surface area (TPSA) is 57.7 Å². The van der Waals surface area contributed by atoms with E-state index in [2.05, 4.69) is 4.90 Å². The van der Waals surface area contributed by atoms with Crippen LogP contribution in [0.4, 0.5) is 0 Å². The Balaban J connectivity index is 2.39. The number of amides is 1. The molecular weight excluding hydrogens is 252 g/mol. The number of piperazine rings is 1. The van der Waals surface area contributed by atoms with Crippen molar-refractivity contribution in [1.82, 2.24) is 9.80 Å². The van der Waals surface area contributed by atoms with Crippen molar-refractivity contribution >= 4 is 27.3 Å². The first-order chi connectivity index (χ1) is 7.42. The molecular formula is C9H17ClN2O3S. The third-order valence-electron chi connectivity index (χ3n) is 2.51. The van der Waals surface area contributed by atoms with Crippen LogP contribution in [-0.2, 0) is 14.6 Å². The maximum Gasteiger partial charge on any atom is 0.237 e. The van der Waals surface area contributed by atoms with Gasteiger partial charge in [0.05, 0.1) is 0 Å². The third-order valence-corrected chi connectivity index (χ3v) is 3.45. The molecule has 1 heterocycles. The SMILES string of the molecule is CS(=O)(=O)CC(=O)N1CCN(CCCl)CC1. The summed E-state index contributed by atoms with van der Waals surface area (Å²) in [6.45, 7) is 3.52. The minimum atomic E-state index is -3.22. The molecule has 94 valence electrons. The predicted molar refractivity (Wildman–Crippen MR) is 63.5 cm³/mol. The fourth-order valence-electron chi connectivity index (χ4n) is 1.66. The van der Waals surface area contributed by atoms with E-state index >= 15 is 0 Å². The van der Waals surface area contributed by atoms with E-state index in [1.165, 1.54) is 0 Å². The highest BCUT2D eigenvalue weighted by Crippen LogP contribution is 2.03. The normalized spacial score (nSPS) is 18.8. The molecule has 1 aliphatic heterocycles. The van der Waals surface area contributed by atoms with Crippen molar-refractivity contribution in [3.8, 4) is 0 Å². The van der Waals surface area contributed by atoms with Crippen LogP contribution in [-0.4, -0.2) is 74.7 Å². The lowest BCUT2D eigenvalue weighted by atomic mass is 10.3. The first-order valence-electron chi connectivity index (χ1n) is 5.16. The Morgan fingerprint density at radius 3 is 2.25 bits per heavy atom. The minimum Gasteiger partial charge on any atom is -0.339 e. The average Bonchev–Trinajstić information content (AvgIpc) is 2.16. The van der Waals surface area contributed by atoms with Crippen LogP contribution in [0.1, 0.15) is 0 Å². The summed E-state index contributed by atoms with van der Waals surface area (Å²) in [5.41, 5.74) is 0. The van der Waals surface area contributed by atoms with Gasteiger partial charge in [0, 0.05) is 44.9 Å². The lowest BCUT2D eigenvalue weighted by Crippen LogP contribution is -2.50. The van der Waals surface area contributed by atoms with E-state index < -0.39 is 9.84 Å². The van der Waals surface area contributed by atoms with Gasteiger partial charge in [0.15, 0.2) is 9.84 Å². The second-order valence-corrected chi connectivity index (χ2v) is 6.50. The Morgan fingerprint density at radius 1 is 1.25 bits per heavy atom. The summed E-state index contributed by atoms with van der Waals surface area (Å²) in [6, 6.07) is 0. The number of hydrogen-bond acceptors (Lipinski definition) is 4. The van der Waals surface area contributed by atoms with E-state index in [9.17, 15) is 13.2 Å². The van der Waals surface area contributed by atoms with Crippen LogP contribution in [0.3, 0.4) is 0 Å². The molecule has 16 heavy (non-hydrogen) atoms. The minimum absolute atomic E-state index is 0.298. The standard InChI is InChI=1S/C9H17ClN2O3S/c1-16(14,15)8-9(13)12-6-4-11(3-2-10)5-7-12/h2-8H2,1H3. The number of hydrogen-bond donors (Lipinski definition) is 0. The highest BCUT2D eigenvalue weighted by molar-refractivity contribution is 7.91. The van der Waals surface area contributed by atoms with Crippen LogP contribution < -0.4 is 0 Å². The van der Waals surface area contributed by atoms with E-state index in [1.54, 1.807) is 4.90 Å². The molecule has 1 aliphatic rings. The zero-order valence-corrected chi connectivity index (χ0v) is 10.9. The zero-order valence-electron chi connectivity index (χ0n) is 9.36. The molecule has 0 N–H and O–H groups in total. The molecule has 7 heteroatoms. The summed E-state index contributed by atoms with van der Waals surface area (Å²) in [5.74, 6) is -0.104. The van der Waals surface area contributed by atoms with Crippen molar-refractivity contribution in [3.05, 3.63) is 0 Å². The van der Waals surface area contributed by atoms with E-state index in [0.717, 1.165) is 25.9 Å². The van der Waals surface area contributed by atoms with Gasteiger partial charge in [-0.15, -0.1) is 11.6 Å². The van der Waals surface area contributed by atoms with Gasteiger partial charge in [-0.25, -0.2) is 8.42 Å². The van der Waals surface area contributed by atoms with Gasteiger partial charge in [0.2, 0.25) is 5.91 Å². The summed E-state index contributed by atoms with van der Waals surface area (Å²) in [7, 11) is -3.22. The molecule has 5 nitrogen and oxygen atoms in total. The second kappa shape index (κ2) is 5.84. The predicted octanol–water partition coefficient (Wildman–Crippen LogP) is -0.586. The average molecular weight is 269 g/mol. The Hall–Kier alpha value is -0.330. The maximum absolute atomic E-state index is 11.6. The smallest absolute Gasteiger partial charge is 0.237 e. The number of nitrogens with zero attached hydrogens (tertiary/aromatic N) is 2. The summed E-state index contributed by atoms with van der Waals surface area (Å²) in [6.07, 6.45) is 1.08. The highest BCUT2D eigenvalue weighted by atomic mass is 35.5. The van der Waals surface area contributed by atoms with Crippen molar-refractivity contribution in [1.29, 1.82) is 0 Å². The number of halogens is 1. The summed E-state index contributed by atoms with van der Waals surface area (Å²) >= 11 is 5.62. The number of sulfone groups is 1. The fraction of sp³-hybridized carbons (Fsp3) is 0.889. The van der Waals surface area contributed by atoms with Gasteiger partial charge < -0.3 is 4.90 Å². The van der Waals surface area contributed by atoms with Crippen LogP contribution in [0.15, 0.2) is 0 Å². The van der Waals surface area contributed by atoms with Crippen LogP contribution in [0.5, 0.6) is 0 Å². The molecule has 0 unspecified atom stereocenters.